The molecule has 0 radical (unpaired) electrons. The minimum Gasteiger partial charge on any atom is -0.347 e. The van der Waals surface area contributed by atoms with Crippen LogP contribution in [-0.2, 0) is 17.5 Å². The van der Waals surface area contributed by atoms with Crippen LogP contribution in [0.2, 0.25) is 0 Å². The minimum absolute atomic E-state index is 0.185. The molecule has 0 aliphatic heterocycles. The van der Waals surface area contributed by atoms with Crippen molar-refractivity contribution in [3.63, 3.8) is 0 Å². The number of thiophene rings is 1. The third kappa shape index (κ3) is 3.29. The van der Waals surface area contributed by atoms with Gasteiger partial charge in [-0.25, -0.2) is 9.78 Å². The molecule has 0 aliphatic carbocycles. The van der Waals surface area contributed by atoms with Gasteiger partial charge >= 0.3 is 11.9 Å². The summed E-state index contributed by atoms with van der Waals surface area (Å²) in [5.41, 5.74) is 0.572. The molecule has 0 spiro atoms. The summed E-state index contributed by atoms with van der Waals surface area (Å²) in [6.07, 6.45) is -3.02. The molecule has 0 fully saturated rings. The molecule has 0 bridgehead atoms. The maximum atomic E-state index is 12.8. The quantitative estimate of drug-likeness (QED) is 0.770. The number of aromatic amines is 1. The van der Waals surface area contributed by atoms with Gasteiger partial charge in [0.25, 0.3) is 0 Å². The second-order valence-corrected chi connectivity index (χ2v) is 6.64. The SMILES string of the molecule is CN(C)C(=O)Cn1c(=O)[nH]c2ncc(-c3ccc(C(F)(F)F)s3)cc21. The Balaban J connectivity index is 2.06. The van der Waals surface area contributed by atoms with Gasteiger partial charge in [-0.1, -0.05) is 0 Å². The Morgan fingerprint density at radius 2 is 2.08 bits per heavy atom. The zero-order chi connectivity index (χ0) is 18.4. The first-order valence-electron chi connectivity index (χ1n) is 7.13. The van der Waals surface area contributed by atoms with E-state index in [1.54, 1.807) is 20.2 Å². The van der Waals surface area contributed by atoms with Gasteiger partial charge < -0.3 is 4.90 Å². The van der Waals surface area contributed by atoms with Crippen molar-refractivity contribution in [2.75, 3.05) is 14.1 Å². The number of carbonyl (C=O) groups excluding carboxylic acids is 1. The zero-order valence-corrected chi connectivity index (χ0v) is 14.0. The van der Waals surface area contributed by atoms with Gasteiger partial charge in [-0.15, -0.1) is 11.3 Å². The number of imidazole rings is 1. The average Bonchev–Trinajstić information content (AvgIpc) is 3.12. The van der Waals surface area contributed by atoms with Gasteiger partial charge in [0.2, 0.25) is 5.91 Å². The normalized spacial score (nSPS) is 11.9. The fourth-order valence-electron chi connectivity index (χ4n) is 2.25. The van der Waals surface area contributed by atoms with Crippen LogP contribution in [0.25, 0.3) is 21.6 Å². The summed E-state index contributed by atoms with van der Waals surface area (Å²) in [5, 5.41) is 0. The number of carbonyl (C=O) groups is 1. The van der Waals surface area contributed by atoms with Gasteiger partial charge in [-0.05, 0) is 18.2 Å². The highest BCUT2D eigenvalue weighted by molar-refractivity contribution is 7.15. The lowest BCUT2D eigenvalue weighted by molar-refractivity contribution is -0.134. The monoisotopic (exact) mass is 370 g/mol. The molecule has 0 saturated heterocycles. The molecule has 3 rings (SSSR count). The predicted molar refractivity (Wildman–Crippen MR) is 87.4 cm³/mol. The fourth-order valence-corrected chi connectivity index (χ4v) is 3.10. The van der Waals surface area contributed by atoms with Gasteiger partial charge in [0.15, 0.2) is 5.65 Å². The highest BCUT2D eigenvalue weighted by Crippen LogP contribution is 2.38. The predicted octanol–water partition coefficient (Wildman–Crippen LogP) is 2.56. The van der Waals surface area contributed by atoms with E-state index < -0.39 is 16.7 Å². The number of nitrogens with one attached hydrogen (secondary N) is 1. The molecule has 1 N–H and O–H groups in total. The Bertz CT molecular complexity index is 1000. The second kappa shape index (κ2) is 6.03. The van der Waals surface area contributed by atoms with Gasteiger partial charge in [-0.3, -0.25) is 14.3 Å². The Labute approximate surface area is 143 Å². The van der Waals surface area contributed by atoms with Crippen molar-refractivity contribution >= 4 is 28.4 Å². The van der Waals surface area contributed by atoms with E-state index in [2.05, 4.69) is 9.97 Å². The lowest BCUT2D eigenvalue weighted by atomic mass is 10.2. The number of rotatable bonds is 3. The Hall–Kier alpha value is -2.62. The number of hydrogen-bond acceptors (Lipinski definition) is 4. The third-order valence-electron chi connectivity index (χ3n) is 3.59. The Kier molecular flexibility index (Phi) is 4.15. The van der Waals surface area contributed by atoms with Crippen molar-refractivity contribution in [3.05, 3.63) is 39.8 Å². The van der Waals surface area contributed by atoms with E-state index in [4.69, 9.17) is 0 Å². The number of fused-ring (bicyclic) bond motifs is 1. The van der Waals surface area contributed by atoms with E-state index >= 15 is 0 Å². The molecule has 3 aromatic heterocycles. The van der Waals surface area contributed by atoms with Crippen LogP contribution in [0.3, 0.4) is 0 Å². The molecule has 0 unspecified atom stereocenters. The number of nitrogens with zero attached hydrogens (tertiary/aromatic N) is 3. The first-order valence-corrected chi connectivity index (χ1v) is 7.94. The topological polar surface area (TPSA) is 71.0 Å². The first-order chi connectivity index (χ1) is 11.7. The van der Waals surface area contributed by atoms with E-state index in [1.165, 1.54) is 21.7 Å². The molecule has 3 aromatic rings. The molecule has 6 nitrogen and oxygen atoms in total. The molecule has 132 valence electrons. The molecular formula is C15H13F3N4O2S. The van der Waals surface area contributed by atoms with Crippen LogP contribution in [0.1, 0.15) is 4.88 Å². The number of halogens is 3. The van der Waals surface area contributed by atoms with Gasteiger partial charge in [-0.2, -0.15) is 13.2 Å². The van der Waals surface area contributed by atoms with Crippen molar-refractivity contribution in [1.82, 2.24) is 19.4 Å². The number of alkyl halides is 3. The highest BCUT2D eigenvalue weighted by Gasteiger charge is 2.32. The maximum absolute atomic E-state index is 12.8. The summed E-state index contributed by atoms with van der Waals surface area (Å²) < 4.78 is 39.5. The highest BCUT2D eigenvalue weighted by atomic mass is 32.1. The summed E-state index contributed by atoms with van der Waals surface area (Å²) in [6, 6.07) is 3.91. The zero-order valence-electron chi connectivity index (χ0n) is 13.2. The Morgan fingerprint density at radius 1 is 1.36 bits per heavy atom. The number of H-pyrrole nitrogens is 1. The molecule has 0 atom stereocenters. The van der Waals surface area contributed by atoms with E-state index in [-0.39, 0.29) is 18.1 Å². The van der Waals surface area contributed by atoms with Crippen molar-refractivity contribution < 1.29 is 18.0 Å². The number of aromatic nitrogens is 3. The van der Waals surface area contributed by atoms with Crippen LogP contribution in [0.5, 0.6) is 0 Å². The lowest BCUT2D eigenvalue weighted by Crippen LogP contribution is -2.30. The molecule has 0 aliphatic rings. The van der Waals surface area contributed by atoms with E-state index in [1.807, 2.05) is 0 Å². The molecule has 0 saturated carbocycles. The van der Waals surface area contributed by atoms with Gasteiger partial charge in [0.05, 0.1) is 5.52 Å². The molecule has 3 heterocycles. The first kappa shape index (κ1) is 17.2. The minimum atomic E-state index is -4.41. The fraction of sp³-hybridized carbons (Fsp3) is 0.267. The van der Waals surface area contributed by atoms with E-state index in [0.29, 0.717) is 27.3 Å². The molecule has 25 heavy (non-hydrogen) atoms. The molecular weight excluding hydrogens is 357 g/mol. The van der Waals surface area contributed by atoms with Gasteiger partial charge in [0.1, 0.15) is 11.4 Å². The van der Waals surface area contributed by atoms with Crippen LogP contribution >= 0.6 is 11.3 Å². The molecule has 1 amide bonds. The smallest absolute Gasteiger partial charge is 0.347 e. The number of pyridine rings is 1. The Morgan fingerprint density at radius 3 is 2.68 bits per heavy atom. The summed E-state index contributed by atoms with van der Waals surface area (Å²) in [5.74, 6) is -0.288. The van der Waals surface area contributed by atoms with Crippen molar-refractivity contribution in [1.29, 1.82) is 0 Å². The third-order valence-corrected chi connectivity index (χ3v) is 4.77. The standard InChI is InChI=1S/C15H13F3N4O2S/c1-21(2)12(23)7-22-9-5-8(6-19-13(9)20-14(22)24)10-3-4-11(25-10)15(16,17)18/h3-6H,7H2,1-2H3,(H,19,20,24). The molecule has 0 aromatic carbocycles. The van der Waals surface area contributed by atoms with E-state index in [9.17, 15) is 22.8 Å². The summed E-state index contributed by atoms with van der Waals surface area (Å²) in [7, 11) is 3.13. The number of hydrogen-bond donors (Lipinski definition) is 1. The van der Waals surface area contributed by atoms with Crippen LogP contribution < -0.4 is 5.69 Å². The summed E-state index contributed by atoms with van der Waals surface area (Å²) in [4.78, 5) is 31.5. The maximum Gasteiger partial charge on any atom is 0.425 e. The molecule has 10 heteroatoms. The van der Waals surface area contributed by atoms with Crippen molar-refractivity contribution in [2.24, 2.45) is 0 Å². The second-order valence-electron chi connectivity index (χ2n) is 5.56. The van der Waals surface area contributed by atoms with Crippen molar-refractivity contribution in [2.45, 2.75) is 12.7 Å². The van der Waals surface area contributed by atoms with Gasteiger partial charge in [0, 0.05) is 30.7 Å². The summed E-state index contributed by atoms with van der Waals surface area (Å²) >= 11 is 0.595. The van der Waals surface area contributed by atoms with Crippen LogP contribution in [-0.4, -0.2) is 39.4 Å². The van der Waals surface area contributed by atoms with Crippen LogP contribution in [0.4, 0.5) is 13.2 Å². The van der Waals surface area contributed by atoms with E-state index in [0.717, 1.165) is 6.07 Å². The summed E-state index contributed by atoms with van der Waals surface area (Å²) in [6.45, 7) is -0.185. The number of amides is 1. The largest absolute Gasteiger partial charge is 0.425 e. The van der Waals surface area contributed by atoms with Crippen LogP contribution in [0.15, 0.2) is 29.2 Å². The van der Waals surface area contributed by atoms with Crippen LogP contribution in [0, 0.1) is 0 Å². The average molecular weight is 370 g/mol. The number of likely N-dealkylation sites (N-methyl/N-ethyl adjacent to an activating group) is 1. The lowest BCUT2D eigenvalue weighted by Gasteiger charge is -2.10. The van der Waals surface area contributed by atoms with Crippen molar-refractivity contribution in [3.8, 4) is 10.4 Å².